The summed E-state index contributed by atoms with van der Waals surface area (Å²) in [6.07, 6.45) is 3.44. The third kappa shape index (κ3) is 1.30. The van der Waals surface area contributed by atoms with Crippen molar-refractivity contribution in [1.29, 1.82) is 0 Å². The molecule has 0 saturated heterocycles. The maximum Gasteiger partial charge on any atom is 0.159 e. The fourth-order valence-electron chi connectivity index (χ4n) is 1.05. The van der Waals surface area contributed by atoms with Gasteiger partial charge in [0, 0.05) is 6.04 Å². The van der Waals surface area contributed by atoms with Crippen LogP contribution in [0.5, 0.6) is 0 Å². The van der Waals surface area contributed by atoms with Gasteiger partial charge in [0.25, 0.3) is 0 Å². The second-order valence-electron chi connectivity index (χ2n) is 2.82. The highest BCUT2D eigenvalue weighted by Crippen LogP contribution is 2.22. The Hall–Kier alpha value is -1.38. The number of hydrogen-bond acceptors (Lipinski definition) is 2. The molecule has 1 rings (SSSR count). The first-order valence-corrected chi connectivity index (χ1v) is 3.86. The molecule has 64 valence electrons. The number of aliphatic imine (C=N–C) groups is 1. The summed E-state index contributed by atoms with van der Waals surface area (Å²) in [5.74, 6) is 0.792. The zero-order valence-corrected chi connectivity index (χ0v) is 7.49. The Morgan fingerprint density at radius 1 is 1.67 bits per heavy atom. The van der Waals surface area contributed by atoms with Gasteiger partial charge in [-0.05, 0) is 26.6 Å². The summed E-state index contributed by atoms with van der Waals surface area (Å²) < 4.78 is 1.96. The minimum absolute atomic E-state index is 0.353. The third-order valence-electron chi connectivity index (χ3n) is 1.69. The third-order valence-corrected chi connectivity index (χ3v) is 1.69. The van der Waals surface area contributed by atoms with Gasteiger partial charge in [-0.1, -0.05) is 6.58 Å². The van der Waals surface area contributed by atoms with Gasteiger partial charge in [-0.3, -0.25) is 0 Å². The Kier molecular flexibility index (Phi) is 2.43. The smallest absolute Gasteiger partial charge is 0.159 e. The molecule has 0 saturated carbocycles. The van der Waals surface area contributed by atoms with Crippen LogP contribution in [0.15, 0.2) is 17.9 Å². The largest absolute Gasteiger partial charge is 0.313 e. The summed E-state index contributed by atoms with van der Waals surface area (Å²) >= 11 is 0. The topological polar surface area (TPSA) is 30.2 Å². The molecule has 0 spiro atoms. The SMILES string of the molecule is C=Cc1ncn(C(C)C)c1N=C. The van der Waals surface area contributed by atoms with Crippen molar-refractivity contribution in [3.63, 3.8) is 0 Å². The molecule has 0 aliphatic rings. The van der Waals surface area contributed by atoms with Crippen LogP contribution in [0.4, 0.5) is 5.82 Å². The Labute approximate surface area is 72.5 Å². The van der Waals surface area contributed by atoms with Crippen molar-refractivity contribution in [3.05, 3.63) is 18.6 Å². The number of aromatic nitrogens is 2. The monoisotopic (exact) mass is 163 g/mol. The van der Waals surface area contributed by atoms with E-state index in [2.05, 4.69) is 37.1 Å². The molecule has 0 aliphatic heterocycles. The molecule has 0 bridgehead atoms. The molecule has 1 aromatic heterocycles. The average molecular weight is 163 g/mol. The molecule has 12 heavy (non-hydrogen) atoms. The molecule has 0 atom stereocenters. The molecule has 1 heterocycles. The van der Waals surface area contributed by atoms with Crippen LogP contribution in [-0.4, -0.2) is 16.3 Å². The maximum atomic E-state index is 4.14. The fraction of sp³-hybridized carbons (Fsp3) is 0.333. The minimum Gasteiger partial charge on any atom is -0.313 e. The quantitative estimate of drug-likeness (QED) is 0.629. The summed E-state index contributed by atoms with van der Waals surface area (Å²) in [5.41, 5.74) is 0.790. The van der Waals surface area contributed by atoms with Gasteiger partial charge in [0.1, 0.15) is 5.69 Å². The summed E-state index contributed by atoms with van der Waals surface area (Å²) in [4.78, 5) is 8.04. The van der Waals surface area contributed by atoms with Crippen molar-refractivity contribution < 1.29 is 0 Å². The van der Waals surface area contributed by atoms with E-state index in [9.17, 15) is 0 Å². The Morgan fingerprint density at radius 2 is 2.33 bits per heavy atom. The number of imidazole rings is 1. The number of hydrogen-bond donors (Lipinski definition) is 0. The van der Waals surface area contributed by atoms with Crippen LogP contribution in [0, 0.1) is 0 Å². The van der Waals surface area contributed by atoms with Gasteiger partial charge in [0.2, 0.25) is 0 Å². The standard InChI is InChI=1S/C9H13N3/c1-5-8-9(10-4)12(6-11-8)7(2)3/h5-7H,1,4H2,2-3H3. The van der Waals surface area contributed by atoms with Gasteiger partial charge in [0.15, 0.2) is 5.82 Å². The molecule has 0 amide bonds. The first-order valence-electron chi connectivity index (χ1n) is 3.86. The second kappa shape index (κ2) is 3.34. The lowest BCUT2D eigenvalue weighted by Crippen LogP contribution is -1.97. The van der Waals surface area contributed by atoms with Gasteiger partial charge in [-0.2, -0.15) is 0 Å². The van der Waals surface area contributed by atoms with Crippen molar-refractivity contribution in [2.24, 2.45) is 4.99 Å². The lowest BCUT2D eigenvalue weighted by molar-refractivity contribution is 0.604. The van der Waals surface area contributed by atoms with Gasteiger partial charge in [0.05, 0.1) is 6.33 Å². The fourth-order valence-corrected chi connectivity index (χ4v) is 1.05. The summed E-state index contributed by atoms with van der Waals surface area (Å²) in [6.45, 7) is 11.3. The highest BCUT2D eigenvalue weighted by atomic mass is 15.1. The Bertz CT molecular complexity index is 297. The van der Waals surface area contributed by atoms with E-state index in [1.165, 1.54) is 0 Å². The normalized spacial score (nSPS) is 10.2. The molecule has 3 heteroatoms. The van der Waals surface area contributed by atoms with E-state index < -0.39 is 0 Å². The molecule has 0 fully saturated rings. The summed E-state index contributed by atoms with van der Waals surface area (Å²) in [7, 11) is 0. The second-order valence-corrected chi connectivity index (χ2v) is 2.82. The molecule has 0 aliphatic carbocycles. The van der Waals surface area contributed by atoms with Crippen LogP contribution in [-0.2, 0) is 0 Å². The van der Waals surface area contributed by atoms with Crippen LogP contribution in [0.3, 0.4) is 0 Å². The van der Waals surface area contributed by atoms with E-state index in [1.807, 2.05) is 4.57 Å². The summed E-state index contributed by atoms with van der Waals surface area (Å²) in [5, 5.41) is 0. The van der Waals surface area contributed by atoms with Crippen molar-refractivity contribution in [3.8, 4) is 0 Å². The van der Waals surface area contributed by atoms with E-state index in [0.717, 1.165) is 11.5 Å². The van der Waals surface area contributed by atoms with Crippen LogP contribution in [0.1, 0.15) is 25.6 Å². The van der Waals surface area contributed by atoms with Crippen molar-refractivity contribution in [2.45, 2.75) is 19.9 Å². The Morgan fingerprint density at radius 3 is 2.75 bits per heavy atom. The summed E-state index contributed by atoms with van der Waals surface area (Å²) in [6, 6.07) is 0.353. The molecule has 0 radical (unpaired) electrons. The first-order chi connectivity index (χ1) is 5.70. The van der Waals surface area contributed by atoms with Crippen LogP contribution in [0.25, 0.3) is 6.08 Å². The highest BCUT2D eigenvalue weighted by molar-refractivity contribution is 5.58. The van der Waals surface area contributed by atoms with E-state index in [-0.39, 0.29) is 0 Å². The maximum absolute atomic E-state index is 4.14. The van der Waals surface area contributed by atoms with Crippen molar-refractivity contribution >= 4 is 18.6 Å². The predicted octanol–water partition coefficient (Wildman–Crippen LogP) is 2.44. The zero-order valence-electron chi connectivity index (χ0n) is 7.49. The molecule has 3 nitrogen and oxygen atoms in total. The van der Waals surface area contributed by atoms with Crippen molar-refractivity contribution in [2.75, 3.05) is 0 Å². The van der Waals surface area contributed by atoms with Gasteiger partial charge in [-0.25, -0.2) is 9.98 Å². The number of nitrogens with zero attached hydrogens (tertiary/aromatic N) is 3. The first kappa shape index (κ1) is 8.71. The Balaban J connectivity index is 3.22. The van der Waals surface area contributed by atoms with Crippen molar-refractivity contribution in [1.82, 2.24) is 9.55 Å². The predicted molar refractivity (Wildman–Crippen MR) is 51.9 cm³/mol. The van der Waals surface area contributed by atoms with Crippen LogP contribution < -0.4 is 0 Å². The highest BCUT2D eigenvalue weighted by Gasteiger charge is 2.07. The molecule has 0 aromatic carbocycles. The average Bonchev–Trinajstić information content (AvgIpc) is 2.46. The van der Waals surface area contributed by atoms with E-state index in [4.69, 9.17) is 0 Å². The molecular formula is C9H13N3. The molecule has 0 unspecified atom stereocenters. The minimum atomic E-state index is 0.353. The van der Waals surface area contributed by atoms with E-state index in [0.29, 0.717) is 6.04 Å². The van der Waals surface area contributed by atoms with E-state index >= 15 is 0 Å². The zero-order chi connectivity index (χ0) is 9.14. The number of rotatable bonds is 3. The van der Waals surface area contributed by atoms with Gasteiger partial charge >= 0.3 is 0 Å². The molecule has 1 aromatic rings. The molecule has 0 N–H and O–H groups in total. The van der Waals surface area contributed by atoms with Crippen LogP contribution in [0.2, 0.25) is 0 Å². The lowest BCUT2D eigenvalue weighted by Gasteiger charge is -2.07. The van der Waals surface area contributed by atoms with Crippen LogP contribution >= 0.6 is 0 Å². The van der Waals surface area contributed by atoms with Gasteiger partial charge in [-0.15, -0.1) is 0 Å². The lowest BCUT2D eigenvalue weighted by atomic mass is 10.3. The van der Waals surface area contributed by atoms with E-state index in [1.54, 1.807) is 12.4 Å². The van der Waals surface area contributed by atoms with Gasteiger partial charge < -0.3 is 4.57 Å². The molecular weight excluding hydrogens is 150 g/mol.